The number of rotatable bonds is 0. The number of hydrogen-bond acceptors (Lipinski definition) is 2. The molecule has 0 spiro atoms. The first-order chi connectivity index (χ1) is 3.86. The van der Waals surface area contributed by atoms with Gasteiger partial charge in [-0.05, 0) is 6.42 Å². The number of nitrogens with one attached hydrogen (secondary N) is 2. The average Bonchev–Trinajstić information content (AvgIpc) is 2.43. The van der Waals surface area contributed by atoms with E-state index >= 15 is 0 Å². The second-order valence-electron chi connectivity index (χ2n) is 2.40. The van der Waals surface area contributed by atoms with Crippen LogP contribution < -0.4 is 10.6 Å². The van der Waals surface area contributed by atoms with E-state index in [1.54, 1.807) is 0 Å². The number of fused-ring (bicyclic) bond motifs is 1. The zero-order valence-electron chi connectivity index (χ0n) is 4.48. The Hall–Kier alpha value is -0.570. The summed E-state index contributed by atoms with van der Waals surface area (Å²) >= 11 is 0. The van der Waals surface area contributed by atoms with Crippen molar-refractivity contribution in [3.8, 4) is 0 Å². The van der Waals surface area contributed by atoms with E-state index in [-0.39, 0.29) is 5.91 Å². The fourth-order valence-corrected chi connectivity index (χ4v) is 1.06. The normalized spacial score (nSPS) is 42.8. The van der Waals surface area contributed by atoms with Gasteiger partial charge >= 0.3 is 0 Å². The van der Waals surface area contributed by atoms with Crippen LogP contribution in [-0.4, -0.2) is 24.5 Å². The maximum atomic E-state index is 10.5. The van der Waals surface area contributed by atoms with Gasteiger partial charge in [-0.3, -0.25) is 4.79 Å². The lowest BCUT2D eigenvalue weighted by molar-refractivity contribution is -0.121. The first kappa shape index (κ1) is 4.32. The van der Waals surface area contributed by atoms with Crippen LogP contribution in [0.3, 0.4) is 0 Å². The van der Waals surface area contributed by atoms with E-state index < -0.39 is 0 Å². The molecule has 2 N–H and O–H groups in total. The largest absolute Gasteiger partial charge is 0.351 e. The Labute approximate surface area is 47.4 Å². The average molecular weight is 112 g/mol. The summed E-state index contributed by atoms with van der Waals surface area (Å²) in [5, 5.41) is 5.95. The first-order valence-electron chi connectivity index (χ1n) is 2.89. The summed E-state index contributed by atoms with van der Waals surface area (Å²) in [6.07, 6.45) is 1.13. The van der Waals surface area contributed by atoms with Gasteiger partial charge in [-0.1, -0.05) is 0 Å². The van der Waals surface area contributed by atoms with Crippen LogP contribution >= 0.6 is 0 Å². The molecule has 8 heavy (non-hydrogen) atoms. The number of amides is 1. The molecule has 2 rings (SSSR count). The van der Waals surface area contributed by atoms with Crippen molar-refractivity contribution in [1.29, 1.82) is 0 Å². The van der Waals surface area contributed by atoms with E-state index in [1.807, 2.05) is 0 Å². The van der Waals surface area contributed by atoms with E-state index in [1.165, 1.54) is 0 Å². The third-order valence-electron chi connectivity index (χ3n) is 1.66. The zero-order valence-corrected chi connectivity index (χ0v) is 4.48. The molecular formula is C5H8N2O. The summed E-state index contributed by atoms with van der Waals surface area (Å²) in [5.41, 5.74) is 0. The zero-order chi connectivity index (χ0) is 5.56. The van der Waals surface area contributed by atoms with Crippen molar-refractivity contribution >= 4 is 5.91 Å². The van der Waals surface area contributed by atoms with Crippen molar-refractivity contribution in [3.63, 3.8) is 0 Å². The fourth-order valence-electron chi connectivity index (χ4n) is 1.06. The van der Waals surface area contributed by atoms with Gasteiger partial charge in [-0.2, -0.15) is 0 Å². The summed E-state index contributed by atoms with van der Waals surface area (Å²) in [4.78, 5) is 10.5. The molecule has 44 valence electrons. The Bertz CT molecular complexity index is 134. The van der Waals surface area contributed by atoms with Crippen molar-refractivity contribution in [2.24, 2.45) is 0 Å². The predicted octanol–water partition coefficient (Wildman–Crippen LogP) is -1.15. The van der Waals surface area contributed by atoms with Crippen LogP contribution in [0.5, 0.6) is 0 Å². The Morgan fingerprint density at radius 2 is 2.38 bits per heavy atom. The van der Waals surface area contributed by atoms with Gasteiger partial charge in [0, 0.05) is 12.1 Å². The molecule has 2 fully saturated rings. The molecule has 0 aromatic rings. The lowest BCUT2D eigenvalue weighted by Gasteiger charge is -2.10. The predicted molar refractivity (Wildman–Crippen MR) is 28.3 cm³/mol. The molecule has 0 radical (unpaired) electrons. The molecular weight excluding hydrogens is 104 g/mol. The molecule has 2 unspecified atom stereocenters. The smallest absolute Gasteiger partial charge is 0.234 e. The van der Waals surface area contributed by atoms with Crippen molar-refractivity contribution < 1.29 is 4.79 Å². The van der Waals surface area contributed by atoms with Gasteiger partial charge in [0.15, 0.2) is 0 Å². The number of carbonyl (C=O) groups is 1. The molecule has 1 aliphatic heterocycles. The maximum Gasteiger partial charge on any atom is 0.234 e. The molecule has 1 saturated carbocycles. The van der Waals surface area contributed by atoms with Gasteiger partial charge in [0.25, 0.3) is 0 Å². The second-order valence-corrected chi connectivity index (χ2v) is 2.40. The summed E-state index contributed by atoms with van der Waals surface area (Å²) in [7, 11) is 0. The van der Waals surface area contributed by atoms with Crippen molar-refractivity contribution in [2.45, 2.75) is 18.5 Å². The van der Waals surface area contributed by atoms with Gasteiger partial charge in [0.1, 0.15) is 0 Å². The number of hydrogen-bond donors (Lipinski definition) is 2. The highest BCUT2D eigenvalue weighted by atomic mass is 16.2. The molecule has 0 aromatic carbocycles. The van der Waals surface area contributed by atoms with Gasteiger partial charge in [0.2, 0.25) is 5.91 Å². The summed E-state index contributed by atoms with van der Waals surface area (Å²) in [6, 6.07) is 1.07. The third-order valence-corrected chi connectivity index (χ3v) is 1.66. The van der Waals surface area contributed by atoms with Gasteiger partial charge in [0.05, 0.1) is 6.54 Å². The lowest BCUT2D eigenvalue weighted by atomic mass is 10.4. The molecule has 3 nitrogen and oxygen atoms in total. The topological polar surface area (TPSA) is 41.1 Å². The van der Waals surface area contributed by atoms with Crippen molar-refractivity contribution in [2.75, 3.05) is 6.54 Å². The SMILES string of the molecule is O=C1CNC2CC2N1. The summed E-state index contributed by atoms with van der Waals surface area (Å²) in [6.45, 7) is 0.515. The minimum Gasteiger partial charge on any atom is -0.351 e. The van der Waals surface area contributed by atoms with E-state index in [0.717, 1.165) is 6.42 Å². The highest BCUT2D eigenvalue weighted by Gasteiger charge is 2.41. The first-order valence-corrected chi connectivity index (χ1v) is 2.89. The molecule has 1 amide bonds. The minimum atomic E-state index is 0.142. The number of piperazine rings is 1. The Kier molecular flexibility index (Phi) is 0.663. The Balaban J connectivity index is 2.02. The quantitative estimate of drug-likeness (QED) is 0.415. The van der Waals surface area contributed by atoms with Crippen LogP contribution in [-0.2, 0) is 4.79 Å². The molecule has 1 saturated heterocycles. The van der Waals surface area contributed by atoms with Crippen LogP contribution in [0.1, 0.15) is 6.42 Å². The van der Waals surface area contributed by atoms with Gasteiger partial charge < -0.3 is 10.6 Å². The van der Waals surface area contributed by atoms with Crippen LogP contribution in [0, 0.1) is 0 Å². The van der Waals surface area contributed by atoms with Crippen LogP contribution in [0.2, 0.25) is 0 Å². The lowest BCUT2D eigenvalue weighted by Crippen LogP contribution is -2.44. The van der Waals surface area contributed by atoms with Crippen LogP contribution in [0.25, 0.3) is 0 Å². The Morgan fingerprint density at radius 3 is 3.00 bits per heavy atom. The molecule has 0 aromatic heterocycles. The number of carbonyl (C=O) groups excluding carboxylic acids is 1. The molecule has 0 bridgehead atoms. The van der Waals surface area contributed by atoms with E-state index in [9.17, 15) is 4.79 Å². The third kappa shape index (κ3) is 0.512. The molecule has 1 heterocycles. The van der Waals surface area contributed by atoms with E-state index in [0.29, 0.717) is 18.6 Å². The standard InChI is InChI=1S/C5H8N2O/c8-5-2-6-3-1-4(3)7-5/h3-4,6H,1-2H2,(H,7,8). The van der Waals surface area contributed by atoms with Crippen LogP contribution in [0.15, 0.2) is 0 Å². The van der Waals surface area contributed by atoms with Gasteiger partial charge in [-0.15, -0.1) is 0 Å². The molecule has 2 aliphatic rings. The van der Waals surface area contributed by atoms with Gasteiger partial charge in [-0.25, -0.2) is 0 Å². The summed E-state index contributed by atoms with van der Waals surface area (Å²) < 4.78 is 0. The Morgan fingerprint density at radius 1 is 1.50 bits per heavy atom. The molecule has 3 heteroatoms. The van der Waals surface area contributed by atoms with Crippen molar-refractivity contribution in [1.82, 2.24) is 10.6 Å². The molecule has 2 atom stereocenters. The monoisotopic (exact) mass is 112 g/mol. The molecule has 1 aliphatic carbocycles. The highest BCUT2D eigenvalue weighted by molar-refractivity contribution is 5.80. The van der Waals surface area contributed by atoms with Crippen molar-refractivity contribution in [3.05, 3.63) is 0 Å². The fraction of sp³-hybridized carbons (Fsp3) is 0.800. The van der Waals surface area contributed by atoms with Crippen LogP contribution in [0.4, 0.5) is 0 Å². The van der Waals surface area contributed by atoms with E-state index in [2.05, 4.69) is 10.6 Å². The maximum absolute atomic E-state index is 10.5. The van der Waals surface area contributed by atoms with E-state index in [4.69, 9.17) is 0 Å². The minimum absolute atomic E-state index is 0.142. The second kappa shape index (κ2) is 1.23. The highest BCUT2D eigenvalue weighted by Crippen LogP contribution is 2.22. The summed E-state index contributed by atoms with van der Waals surface area (Å²) in [5.74, 6) is 0.142.